The molecule has 0 radical (unpaired) electrons. The summed E-state index contributed by atoms with van der Waals surface area (Å²) in [5.41, 5.74) is 3.22. The lowest BCUT2D eigenvalue weighted by Crippen LogP contribution is -2.49. The summed E-state index contributed by atoms with van der Waals surface area (Å²) in [4.78, 5) is 27.7. The molecule has 5 nitrogen and oxygen atoms in total. The average Bonchev–Trinajstić information content (AvgIpc) is 2.76. The van der Waals surface area contributed by atoms with Gasteiger partial charge in [0, 0.05) is 13.1 Å². The third-order valence-electron chi connectivity index (χ3n) is 5.49. The monoisotopic (exact) mass is 431 g/mol. The summed E-state index contributed by atoms with van der Waals surface area (Å²) in [6.45, 7) is 5.20. The van der Waals surface area contributed by atoms with Gasteiger partial charge in [-0.15, -0.1) is 0 Å². The zero-order valence-electron chi connectivity index (χ0n) is 19.4. The van der Waals surface area contributed by atoms with Crippen LogP contribution in [0.3, 0.4) is 0 Å². The van der Waals surface area contributed by atoms with E-state index in [9.17, 15) is 9.59 Å². The predicted octanol–water partition coefficient (Wildman–Crippen LogP) is 3.90. The first-order valence-electron chi connectivity index (χ1n) is 11.1. The molecule has 168 valence electrons. The van der Waals surface area contributed by atoms with E-state index in [-0.39, 0.29) is 24.2 Å². The van der Waals surface area contributed by atoms with Gasteiger partial charge in [-0.3, -0.25) is 9.59 Å². The first kappa shape index (κ1) is 23.5. The summed E-state index contributed by atoms with van der Waals surface area (Å²) in [5.74, 6) is -0.333. The molecule has 3 aromatic rings. The van der Waals surface area contributed by atoms with Crippen LogP contribution in [0.2, 0.25) is 0 Å². The van der Waals surface area contributed by atoms with E-state index < -0.39 is 6.04 Å². The van der Waals surface area contributed by atoms with Gasteiger partial charge in [-0.05, 0) is 47.5 Å². The van der Waals surface area contributed by atoms with E-state index in [1.165, 1.54) is 5.56 Å². The van der Waals surface area contributed by atoms with Crippen molar-refractivity contribution in [1.29, 1.82) is 0 Å². The number of carbonyl (C=O) groups is 2. The van der Waals surface area contributed by atoms with Crippen molar-refractivity contribution in [3.05, 3.63) is 83.4 Å². The Bertz CT molecular complexity index is 1050. The molecule has 0 heterocycles. The smallest absolute Gasteiger partial charge is 0.243 e. The number of benzene rings is 3. The van der Waals surface area contributed by atoms with Crippen molar-refractivity contribution in [3.63, 3.8) is 0 Å². The van der Waals surface area contributed by atoms with Crippen LogP contribution in [0.25, 0.3) is 10.8 Å². The van der Waals surface area contributed by atoms with Crippen molar-refractivity contribution < 1.29 is 9.59 Å². The van der Waals surface area contributed by atoms with Crippen LogP contribution in [0.5, 0.6) is 0 Å². The molecule has 0 aliphatic rings. The molecule has 3 aromatic carbocycles. The van der Waals surface area contributed by atoms with Crippen LogP contribution in [0, 0.1) is 5.92 Å². The molecule has 0 aromatic heterocycles. The fraction of sp³-hybridized carbons (Fsp3) is 0.333. The first-order chi connectivity index (χ1) is 15.3. The number of hydrogen-bond acceptors (Lipinski definition) is 3. The quantitative estimate of drug-likeness (QED) is 0.540. The summed E-state index contributed by atoms with van der Waals surface area (Å²) >= 11 is 0. The van der Waals surface area contributed by atoms with E-state index in [0.29, 0.717) is 6.54 Å². The lowest BCUT2D eigenvalue weighted by atomic mass is 10.00. The van der Waals surface area contributed by atoms with Gasteiger partial charge in [-0.25, -0.2) is 0 Å². The van der Waals surface area contributed by atoms with Crippen molar-refractivity contribution in [2.45, 2.75) is 39.4 Å². The van der Waals surface area contributed by atoms with Gasteiger partial charge in [-0.1, -0.05) is 80.6 Å². The molecule has 0 bridgehead atoms. The van der Waals surface area contributed by atoms with Crippen molar-refractivity contribution in [1.82, 2.24) is 15.5 Å². The molecule has 32 heavy (non-hydrogen) atoms. The van der Waals surface area contributed by atoms with Crippen LogP contribution in [0.1, 0.15) is 30.5 Å². The maximum atomic E-state index is 12.8. The molecule has 5 heteroatoms. The number of carbonyl (C=O) groups excluding carboxylic acids is 2. The van der Waals surface area contributed by atoms with E-state index >= 15 is 0 Å². The molecule has 0 aliphatic heterocycles. The van der Waals surface area contributed by atoms with Gasteiger partial charge in [0.15, 0.2) is 0 Å². The number of rotatable bonds is 9. The predicted molar refractivity (Wildman–Crippen MR) is 130 cm³/mol. The largest absolute Gasteiger partial charge is 0.350 e. The van der Waals surface area contributed by atoms with Gasteiger partial charge in [0.05, 0.1) is 6.42 Å². The molecule has 0 saturated heterocycles. The fourth-order valence-electron chi connectivity index (χ4n) is 3.81. The Hall–Kier alpha value is -3.18. The topological polar surface area (TPSA) is 61.4 Å². The van der Waals surface area contributed by atoms with Crippen molar-refractivity contribution >= 4 is 22.6 Å². The second-order valence-electron chi connectivity index (χ2n) is 8.88. The van der Waals surface area contributed by atoms with Crippen LogP contribution in [-0.2, 0) is 29.1 Å². The molecule has 2 N–H and O–H groups in total. The van der Waals surface area contributed by atoms with Gasteiger partial charge in [0.25, 0.3) is 0 Å². The Morgan fingerprint density at radius 1 is 0.875 bits per heavy atom. The van der Waals surface area contributed by atoms with Crippen molar-refractivity contribution in [2.75, 3.05) is 14.1 Å². The molecule has 1 atom stereocenters. The Morgan fingerprint density at radius 2 is 1.53 bits per heavy atom. The molecule has 0 spiro atoms. The molecular formula is C27H33N3O2. The highest BCUT2D eigenvalue weighted by molar-refractivity contribution is 5.92. The third kappa shape index (κ3) is 6.41. The van der Waals surface area contributed by atoms with E-state index in [4.69, 9.17) is 0 Å². The highest BCUT2D eigenvalue weighted by atomic mass is 16.2. The molecule has 2 amide bonds. The van der Waals surface area contributed by atoms with Crippen molar-refractivity contribution in [3.8, 4) is 0 Å². The number of nitrogens with zero attached hydrogens (tertiary/aromatic N) is 1. The fourth-order valence-corrected chi connectivity index (χ4v) is 3.81. The molecule has 0 saturated carbocycles. The van der Waals surface area contributed by atoms with Crippen LogP contribution in [-0.4, -0.2) is 36.9 Å². The maximum Gasteiger partial charge on any atom is 0.243 e. The zero-order valence-corrected chi connectivity index (χ0v) is 19.4. The Kier molecular flexibility index (Phi) is 8.01. The van der Waals surface area contributed by atoms with Gasteiger partial charge in [-0.2, -0.15) is 0 Å². The van der Waals surface area contributed by atoms with Gasteiger partial charge in [0.2, 0.25) is 11.8 Å². The first-order valence-corrected chi connectivity index (χ1v) is 11.1. The number of nitrogens with one attached hydrogen (secondary N) is 2. The van der Waals surface area contributed by atoms with E-state index in [1.807, 2.05) is 82.5 Å². The van der Waals surface area contributed by atoms with Crippen LogP contribution in [0.4, 0.5) is 0 Å². The SMILES string of the molecule is CC(C)[C@H](NC(=O)Cc1cccc2ccccc12)C(=O)NCc1ccc(CN(C)C)cc1. The molecule has 3 rings (SSSR count). The van der Waals surface area contributed by atoms with Crippen LogP contribution in [0.15, 0.2) is 66.7 Å². The number of fused-ring (bicyclic) bond motifs is 1. The minimum absolute atomic E-state index is 0.0195. The Balaban J connectivity index is 1.59. The van der Waals surface area contributed by atoms with Crippen LogP contribution < -0.4 is 10.6 Å². The second kappa shape index (κ2) is 10.9. The van der Waals surface area contributed by atoms with E-state index in [0.717, 1.165) is 28.4 Å². The Labute approximate surface area is 190 Å². The normalized spacial score (nSPS) is 12.2. The molecule has 0 fully saturated rings. The molecule has 0 unspecified atom stereocenters. The number of amides is 2. The lowest BCUT2D eigenvalue weighted by molar-refractivity contribution is -0.129. The van der Waals surface area contributed by atoms with E-state index in [1.54, 1.807) is 0 Å². The van der Waals surface area contributed by atoms with Gasteiger partial charge < -0.3 is 15.5 Å². The highest BCUT2D eigenvalue weighted by Crippen LogP contribution is 2.19. The maximum absolute atomic E-state index is 12.8. The third-order valence-corrected chi connectivity index (χ3v) is 5.49. The standard InChI is InChI=1S/C27H33N3O2/c1-19(2)26(27(32)28-17-20-12-14-21(15-13-20)18-30(3)4)29-25(31)16-23-10-7-9-22-8-5-6-11-24(22)23/h5-15,19,26H,16-18H2,1-4H3,(H,28,32)(H,29,31)/t26-/m0/s1. The summed E-state index contributed by atoms with van der Waals surface area (Å²) in [7, 11) is 4.07. The van der Waals surface area contributed by atoms with Crippen molar-refractivity contribution in [2.24, 2.45) is 5.92 Å². The lowest BCUT2D eigenvalue weighted by Gasteiger charge is -2.22. The summed E-state index contributed by atoms with van der Waals surface area (Å²) in [6.07, 6.45) is 0.241. The minimum Gasteiger partial charge on any atom is -0.350 e. The second-order valence-corrected chi connectivity index (χ2v) is 8.88. The molecular weight excluding hydrogens is 398 g/mol. The average molecular weight is 432 g/mol. The van der Waals surface area contributed by atoms with Gasteiger partial charge >= 0.3 is 0 Å². The summed E-state index contributed by atoms with van der Waals surface area (Å²) in [5, 5.41) is 8.08. The van der Waals surface area contributed by atoms with Crippen LogP contribution >= 0.6 is 0 Å². The highest BCUT2D eigenvalue weighted by Gasteiger charge is 2.24. The van der Waals surface area contributed by atoms with Gasteiger partial charge in [0.1, 0.15) is 6.04 Å². The Morgan fingerprint density at radius 3 is 2.22 bits per heavy atom. The number of hydrogen-bond donors (Lipinski definition) is 2. The summed E-state index contributed by atoms with van der Waals surface area (Å²) in [6, 6.07) is 21.6. The minimum atomic E-state index is -0.578. The van der Waals surface area contributed by atoms with E-state index in [2.05, 4.69) is 27.7 Å². The summed E-state index contributed by atoms with van der Waals surface area (Å²) < 4.78 is 0. The zero-order chi connectivity index (χ0) is 23.1. The molecule has 0 aliphatic carbocycles.